The molecule has 0 radical (unpaired) electrons. The van der Waals surface area contributed by atoms with Crippen LogP contribution in [-0.2, 0) is 0 Å². The van der Waals surface area contributed by atoms with Crippen LogP contribution in [0.25, 0.3) is 11.5 Å². The summed E-state index contributed by atoms with van der Waals surface area (Å²) in [4.78, 5) is 29.0. The van der Waals surface area contributed by atoms with Crippen molar-refractivity contribution in [2.45, 2.75) is 38.0 Å². The highest BCUT2D eigenvalue weighted by Crippen LogP contribution is 2.38. The Labute approximate surface area is 167 Å². The summed E-state index contributed by atoms with van der Waals surface area (Å²) >= 11 is 0. The first-order valence-electron chi connectivity index (χ1n) is 9.32. The van der Waals surface area contributed by atoms with Gasteiger partial charge < -0.3 is 10.0 Å². The second-order valence-corrected chi connectivity index (χ2v) is 7.35. The minimum Gasteiger partial charge on any atom is -0.380 e. The van der Waals surface area contributed by atoms with Gasteiger partial charge in [-0.1, -0.05) is 0 Å². The highest BCUT2D eigenvalue weighted by molar-refractivity contribution is 5.95. The van der Waals surface area contributed by atoms with Gasteiger partial charge >= 0.3 is 6.18 Å². The number of hydrogen-bond donors (Lipinski definition) is 2. The number of carbonyl (C=O) groups excluding carboxylic acids is 1. The van der Waals surface area contributed by atoms with E-state index in [0.29, 0.717) is 11.2 Å². The molecule has 2 N–H and O–H groups in total. The summed E-state index contributed by atoms with van der Waals surface area (Å²) in [7, 11) is 0. The van der Waals surface area contributed by atoms with E-state index in [1.54, 1.807) is 25.3 Å². The van der Waals surface area contributed by atoms with Crippen LogP contribution < -0.4 is 5.56 Å². The molecule has 3 aromatic rings. The SMILES string of the molecule is Cc1c(C(=O)N2CCCC(O)(C(F)(F)F)CC2)cnn1-c1nn2cccc2c(=O)[nH]1. The van der Waals surface area contributed by atoms with E-state index in [0.717, 1.165) is 0 Å². The van der Waals surface area contributed by atoms with Crippen molar-refractivity contribution in [2.24, 2.45) is 0 Å². The second-order valence-electron chi connectivity index (χ2n) is 7.35. The molecular weight excluding hydrogens is 405 g/mol. The molecular formula is C18H19F3N6O3. The molecule has 1 atom stereocenters. The molecule has 9 nitrogen and oxygen atoms in total. The van der Waals surface area contributed by atoms with E-state index < -0.39 is 30.5 Å². The van der Waals surface area contributed by atoms with Gasteiger partial charge in [-0.3, -0.25) is 14.6 Å². The van der Waals surface area contributed by atoms with Crippen LogP contribution in [0, 0.1) is 6.92 Å². The number of fused-ring (bicyclic) bond motifs is 1. The van der Waals surface area contributed by atoms with E-state index in [-0.39, 0.29) is 36.6 Å². The van der Waals surface area contributed by atoms with Gasteiger partial charge in [0.15, 0.2) is 5.60 Å². The monoisotopic (exact) mass is 424 g/mol. The Morgan fingerprint density at radius 2 is 2.07 bits per heavy atom. The molecule has 3 aromatic heterocycles. The van der Waals surface area contributed by atoms with Gasteiger partial charge in [0.1, 0.15) is 5.52 Å². The van der Waals surface area contributed by atoms with E-state index in [9.17, 15) is 27.9 Å². The molecule has 4 rings (SSSR count). The van der Waals surface area contributed by atoms with Gasteiger partial charge in [0.05, 0.1) is 17.5 Å². The molecule has 30 heavy (non-hydrogen) atoms. The van der Waals surface area contributed by atoms with Crippen molar-refractivity contribution in [3.8, 4) is 5.95 Å². The average molecular weight is 424 g/mol. The Bertz CT molecular complexity index is 1160. The molecule has 0 aromatic carbocycles. The lowest BCUT2D eigenvalue weighted by Crippen LogP contribution is -2.46. The number of amides is 1. The molecule has 160 valence electrons. The lowest BCUT2D eigenvalue weighted by atomic mass is 9.94. The summed E-state index contributed by atoms with van der Waals surface area (Å²) < 4.78 is 42.1. The van der Waals surface area contributed by atoms with Crippen LogP contribution in [0.4, 0.5) is 13.2 Å². The predicted molar refractivity (Wildman–Crippen MR) is 98.4 cm³/mol. The largest absolute Gasteiger partial charge is 0.417 e. The number of carbonyl (C=O) groups is 1. The molecule has 1 saturated heterocycles. The average Bonchev–Trinajstić information content (AvgIpc) is 3.24. The fourth-order valence-corrected chi connectivity index (χ4v) is 3.64. The predicted octanol–water partition coefficient (Wildman–Crippen LogP) is 1.44. The van der Waals surface area contributed by atoms with E-state index in [4.69, 9.17) is 0 Å². The van der Waals surface area contributed by atoms with Crippen molar-refractivity contribution in [2.75, 3.05) is 13.1 Å². The summed E-state index contributed by atoms with van der Waals surface area (Å²) in [5.74, 6) is -0.392. The molecule has 1 amide bonds. The molecule has 0 saturated carbocycles. The number of aliphatic hydroxyl groups is 1. The van der Waals surface area contributed by atoms with Gasteiger partial charge in [-0.2, -0.15) is 18.3 Å². The van der Waals surface area contributed by atoms with Gasteiger partial charge in [0.25, 0.3) is 11.5 Å². The van der Waals surface area contributed by atoms with Crippen molar-refractivity contribution in [3.05, 3.63) is 46.1 Å². The fourth-order valence-electron chi connectivity index (χ4n) is 3.64. The molecule has 0 bridgehead atoms. The summed E-state index contributed by atoms with van der Waals surface area (Å²) in [6.45, 7) is 1.46. The molecule has 4 heterocycles. The van der Waals surface area contributed by atoms with Gasteiger partial charge in [-0.05, 0) is 31.9 Å². The Morgan fingerprint density at radius 3 is 2.80 bits per heavy atom. The maximum absolute atomic E-state index is 13.1. The van der Waals surface area contributed by atoms with Gasteiger partial charge in [0, 0.05) is 25.7 Å². The molecule has 0 spiro atoms. The number of halogens is 3. The number of aromatic amines is 1. The van der Waals surface area contributed by atoms with E-state index in [2.05, 4.69) is 15.2 Å². The summed E-state index contributed by atoms with van der Waals surface area (Å²) in [6, 6.07) is 3.26. The maximum Gasteiger partial charge on any atom is 0.417 e. The van der Waals surface area contributed by atoms with Crippen LogP contribution in [0.5, 0.6) is 0 Å². The van der Waals surface area contributed by atoms with E-state index >= 15 is 0 Å². The Balaban J connectivity index is 1.60. The number of alkyl halides is 3. The third-order valence-electron chi connectivity index (χ3n) is 5.46. The number of hydrogen-bond acceptors (Lipinski definition) is 5. The van der Waals surface area contributed by atoms with E-state index in [1.807, 2.05) is 0 Å². The lowest BCUT2D eigenvalue weighted by Gasteiger charge is -2.29. The van der Waals surface area contributed by atoms with Crippen LogP contribution in [0.15, 0.2) is 29.3 Å². The van der Waals surface area contributed by atoms with Crippen LogP contribution in [0.2, 0.25) is 0 Å². The third kappa shape index (κ3) is 3.26. The number of H-pyrrole nitrogens is 1. The van der Waals surface area contributed by atoms with Crippen LogP contribution in [0.1, 0.15) is 35.3 Å². The quantitative estimate of drug-likeness (QED) is 0.647. The van der Waals surface area contributed by atoms with E-state index in [1.165, 1.54) is 20.3 Å². The number of aromatic nitrogens is 5. The molecule has 12 heteroatoms. The molecule has 1 fully saturated rings. The van der Waals surface area contributed by atoms with Gasteiger partial charge in [-0.15, -0.1) is 5.10 Å². The van der Waals surface area contributed by atoms with Crippen molar-refractivity contribution >= 4 is 11.4 Å². The third-order valence-corrected chi connectivity index (χ3v) is 5.46. The first-order valence-corrected chi connectivity index (χ1v) is 9.32. The minimum atomic E-state index is -4.75. The summed E-state index contributed by atoms with van der Waals surface area (Å²) in [5, 5.41) is 18.3. The molecule has 1 unspecified atom stereocenters. The summed E-state index contributed by atoms with van der Waals surface area (Å²) in [6.07, 6.45) is -2.89. The maximum atomic E-state index is 13.1. The van der Waals surface area contributed by atoms with Crippen LogP contribution in [0.3, 0.4) is 0 Å². The Kier molecular flexibility index (Phi) is 4.68. The second kappa shape index (κ2) is 6.97. The smallest absolute Gasteiger partial charge is 0.380 e. The minimum absolute atomic E-state index is 0.0219. The highest BCUT2D eigenvalue weighted by atomic mass is 19.4. The zero-order chi connectivity index (χ0) is 21.7. The Morgan fingerprint density at radius 1 is 1.30 bits per heavy atom. The number of nitrogens with one attached hydrogen (secondary N) is 1. The number of likely N-dealkylation sites (tertiary alicyclic amines) is 1. The molecule has 1 aliphatic heterocycles. The normalized spacial score (nSPS) is 20.5. The number of nitrogens with zero attached hydrogens (tertiary/aromatic N) is 5. The highest BCUT2D eigenvalue weighted by Gasteiger charge is 2.53. The summed E-state index contributed by atoms with van der Waals surface area (Å²) in [5.41, 5.74) is -2.27. The van der Waals surface area contributed by atoms with Crippen molar-refractivity contribution in [1.82, 2.24) is 29.3 Å². The van der Waals surface area contributed by atoms with Crippen molar-refractivity contribution in [3.63, 3.8) is 0 Å². The van der Waals surface area contributed by atoms with Gasteiger partial charge in [0.2, 0.25) is 5.95 Å². The first-order chi connectivity index (χ1) is 14.1. The topological polar surface area (TPSA) is 109 Å². The zero-order valence-electron chi connectivity index (χ0n) is 16.0. The lowest BCUT2D eigenvalue weighted by molar-refractivity contribution is -0.263. The van der Waals surface area contributed by atoms with Gasteiger partial charge in [-0.25, -0.2) is 9.20 Å². The fraction of sp³-hybridized carbons (Fsp3) is 0.444. The molecule has 0 aliphatic carbocycles. The Hall–Kier alpha value is -3.15. The molecule has 1 aliphatic rings. The van der Waals surface area contributed by atoms with Crippen molar-refractivity contribution in [1.29, 1.82) is 0 Å². The van der Waals surface area contributed by atoms with Crippen molar-refractivity contribution < 1.29 is 23.1 Å². The van der Waals surface area contributed by atoms with Crippen LogP contribution in [-0.4, -0.2) is 65.2 Å². The first kappa shape index (κ1) is 20.1. The zero-order valence-corrected chi connectivity index (χ0v) is 16.0. The number of rotatable bonds is 2. The van der Waals surface area contributed by atoms with Crippen LogP contribution >= 0.6 is 0 Å². The standard InChI is InChI=1S/C18H19F3N6O3/c1-11-12(15(29)25-7-3-5-17(30,6-9-25)18(19,20)21)10-22-27(11)16-23-14(28)13-4-2-8-26(13)24-16/h2,4,8,10,30H,3,5-7,9H2,1H3,(H,23,24,28).